The van der Waals surface area contributed by atoms with Gasteiger partial charge in [-0.25, -0.2) is 4.68 Å². The van der Waals surface area contributed by atoms with Crippen molar-refractivity contribution in [3.05, 3.63) is 108 Å². The molecule has 0 saturated heterocycles. The highest BCUT2D eigenvalue weighted by atomic mass is 15.4. The number of anilines is 1. The highest BCUT2D eigenvalue weighted by Crippen LogP contribution is 2.32. The molecule has 1 aliphatic heterocycles. The number of nitrogens with one attached hydrogen (secondary N) is 1. The zero-order chi connectivity index (χ0) is 18.9. The van der Waals surface area contributed by atoms with Gasteiger partial charge in [0.05, 0.1) is 0 Å². The van der Waals surface area contributed by atoms with Gasteiger partial charge in [-0.2, -0.15) is 10.1 Å². The van der Waals surface area contributed by atoms with E-state index < -0.39 is 0 Å². The number of benzene rings is 3. The number of hydrogen-bond acceptors (Lipinski definition) is 3. The molecule has 0 fully saturated rings. The molecule has 4 nitrogen and oxygen atoms in total. The highest BCUT2D eigenvalue weighted by Gasteiger charge is 2.23. The molecule has 3 aromatic carbocycles. The molecule has 0 aliphatic carbocycles. The van der Waals surface area contributed by atoms with Crippen LogP contribution in [0.25, 0.3) is 16.8 Å². The third kappa shape index (κ3) is 2.99. The van der Waals surface area contributed by atoms with Crippen molar-refractivity contribution in [1.29, 1.82) is 0 Å². The molecule has 1 unspecified atom stereocenters. The Labute approximate surface area is 164 Å². The van der Waals surface area contributed by atoms with Crippen LogP contribution in [0.2, 0.25) is 0 Å². The number of aryl methyl sites for hydroxylation is 1. The van der Waals surface area contributed by atoms with Crippen molar-refractivity contribution >= 4 is 11.6 Å². The van der Waals surface area contributed by atoms with Gasteiger partial charge in [-0.15, -0.1) is 0 Å². The summed E-state index contributed by atoms with van der Waals surface area (Å²) in [5.74, 6) is 0.759. The summed E-state index contributed by atoms with van der Waals surface area (Å²) >= 11 is 0. The zero-order valence-electron chi connectivity index (χ0n) is 15.6. The standard InChI is InChI=1S/C24H20N4/c1-17-7-9-21(10-8-17)23-15-22(27-24-25-16-26-28(23)24)20-13-11-19(12-14-20)18-5-3-2-4-6-18/h2-16,23H,1H3,(H,25,26,27). The average molecular weight is 364 g/mol. The van der Waals surface area contributed by atoms with Crippen LogP contribution in [0.4, 0.5) is 5.95 Å². The first-order chi connectivity index (χ1) is 13.8. The summed E-state index contributed by atoms with van der Waals surface area (Å²) in [4.78, 5) is 4.39. The van der Waals surface area contributed by atoms with Crippen molar-refractivity contribution in [1.82, 2.24) is 14.8 Å². The predicted molar refractivity (Wildman–Crippen MR) is 113 cm³/mol. The lowest BCUT2D eigenvalue weighted by atomic mass is 9.99. The molecule has 4 heteroatoms. The maximum Gasteiger partial charge on any atom is 0.226 e. The molecular formula is C24H20N4. The van der Waals surface area contributed by atoms with E-state index in [2.05, 4.69) is 101 Å². The Morgan fingerprint density at radius 3 is 2.21 bits per heavy atom. The SMILES string of the molecule is Cc1ccc(C2C=C(c3ccc(-c4ccccc4)cc3)Nc3ncnn32)cc1. The van der Waals surface area contributed by atoms with Gasteiger partial charge in [-0.05, 0) is 35.3 Å². The number of hydrogen-bond donors (Lipinski definition) is 1. The molecule has 1 atom stereocenters. The van der Waals surface area contributed by atoms with Crippen molar-refractivity contribution in [2.75, 3.05) is 5.32 Å². The number of rotatable bonds is 3. The molecule has 1 aromatic heterocycles. The fraction of sp³-hybridized carbons (Fsp3) is 0.0833. The lowest BCUT2D eigenvalue weighted by molar-refractivity contribution is 0.612. The van der Waals surface area contributed by atoms with Crippen LogP contribution in [0, 0.1) is 6.92 Å². The van der Waals surface area contributed by atoms with Gasteiger partial charge >= 0.3 is 0 Å². The van der Waals surface area contributed by atoms with Gasteiger partial charge in [-0.1, -0.05) is 84.4 Å². The Hall–Kier alpha value is -3.66. The van der Waals surface area contributed by atoms with E-state index in [4.69, 9.17) is 0 Å². The first kappa shape index (κ1) is 16.5. The van der Waals surface area contributed by atoms with Gasteiger partial charge in [0.15, 0.2) is 0 Å². The smallest absolute Gasteiger partial charge is 0.226 e. The van der Waals surface area contributed by atoms with E-state index >= 15 is 0 Å². The summed E-state index contributed by atoms with van der Waals surface area (Å²) in [7, 11) is 0. The van der Waals surface area contributed by atoms with Crippen molar-refractivity contribution in [3.8, 4) is 11.1 Å². The molecule has 28 heavy (non-hydrogen) atoms. The van der Waals surface area contributed by atoms with Crippen molar-refractivity contribution in [2.45, 2.75) is 13.0 Å². The molecule has 0 radical (unpaired) electrons. The molecular weight excluding hydrogens is 344 g/mol. The summed E-state index contributed by atoms with van der Waals surface area (Å²) in [6.07, 6.45) is 3.81. The topological polar surface area (TPSA) is 42.7 Å². The molecule has 136 valence electrons. The fourth-order valence-electron chi connectivity index (χ4n) is 3.58. The fourth-order valence-corrected chi connectivity index (χ4v) is 3.58. The lowest BCUT2D eigenvalue weighted by Gasteiger charge is -2.24. The first-order valence-electron chi connectivity index (χ1n) is 9.39. The second-order valence-electron chi connectivity index (χ2n) is 7.03. The van der Waals surface area contributed by atoms with E-state index in [1.165, 1.54) is 22.3 Å². The second kappa shape index (κ2) is 6.82. The third-order valence-corrected chi connectivity index (χ3v) is 5.13. The quantitative estimate of drug-likeness (QED) is 0.536. The summed E-state index contributed by atoms with van der Waals surface area (Å²) < 4.78 is 1.92. The molecule has 1 aliphatic rings. The molecule has 0 bridgehead atoms. The monoisotopic (exact) mass is 364 g/mol. The number of nitrogens with zero attached hydrogens (tertiary/aromatic N) is 3. The summed E-state index contributed by atoms with van der Waals surface area (Å²) in [6.45, 7) is 2.10. The molecule has 5 rings (SSSR count). The van der Waals surface area contributed by atoms with Gasteiger partial charge in [0.25, 0.3) is 0 Å². The highest BCUT2D eigenvalue weighted by molar-refractivity contribution is 5.78. The number of fused-ring (bicyclic) bond motifs is 1. The van der Waals surface area contributed by atoms with Crippen LogP contribution in [0.15, 0.2) is 91.3 Å². The van der Waals surface area contributed by atoms with Crippen LogP contribution >= 0.6 is 0 Å². The van der Waals surface area contributed by atoms with Crippen LogP contribution in [0.3, 0.4) is 0 Å². The normalized spacial score (nSPS) is 15.5. The minimum Gasteiger partial charge on any atom is -0.324 e. The maximum atomic E-state index is 4.42. The van der Waals surface area contributed by atoms with E-state index in [9.17, 15) is 0 Å². The molecule has 4 aromatic rings. The van der Waals surface area contributed by atoms with Gasteiger partial charge in [0, 0.05) is 5.70 Å². The van der Waals surface area contributed by atoms with Crippen molar-refractivity contribution < 1.29 is 0 Å². The molecule has 0 spiro atoms. The third-order valence-electron chi connectivity index (χ3n) is 5.13. The minimum atomic E-state index is 0.0168. The minimum absolute atomic E-state index is 0.0168. The van der Waals surface area contributed by atoms with Crippen LogP contribution in [0.1, 0.15) is 22.7 Å². The summed E-state index contributed by atoms with van der Waals surface area (Å²) in [5, 5.41) is 7.83. The maximum absolute atomic E-state index is 4.42. The molecule has 0 saturated carbocycles. The Morgan fingerprint density at radius 2 is 1.46 bits per heavy atom. The molecule has 1 N–H and O–H groups in total. The van der Waals surface area contributed by atoms with Crippen LogP contribution in [-0.4, -0.2) is 14.8 Å². The molecule has 2 heterocycles. The van der Waals surface area contributed by atoms with Crippen LogP contribution in [-0.2, 0) is 0 Å². The van der Waals surface area contributed by atoms with Crippen LogP contribution < -0.4 is 5.32 Å². The Morgan fingerprint density at radius 1 is 0.786 bits per heavy atom. The van der Waals surface area contributed by atoms with Crippen molar-refractivity contribution in [2.24, 2.45) is 0 Å². The van der Waals surface area contributed by atoms with E-state index in [0.717, 1.165) is 17.2 Å². The zero-order valence-corrected chi connectivity index (χ0v) is 15.6. The second-order valence-corrected chi connectivity index (χ2v) is 7.03. The average Bonchev–Trinajstić information content (AvgIpc) is 3.23. The van der Waals surface area contributed by atoms with Crippen molar-refractivity contribution in [3.63, 3.8) is 0 Å². The van der Waals surface area contributed by atoms with Gasteiger partial charge < -0.3 is 5.32 Å². The molecule has 0 amide bonds. The van der Waals surface area contributed by atoms with Gasteiger partial charge in [0.1, 0.15) is 12.4 Å². The Kier molecular flexibility index (Phi) is 4.02. The summed E-state index contributed by atoms with van der Waals surface area (Å²) in [6, 6.07) is 27.6. The Balaban J connectivity index is 1.52. The van der Waals surface area contributed by atoms with Gasteiger partial charge in [0.2, 0.25) is 5.95 Å². The van der Waals surface area contributed by atoms with E-state index in [0.29, 0.717) is 0 Å². The number of aromatic nitrogens is 3. The number of allylic oxidation sites excluding steroid dienone is 1. The Bertz CT molecular complexity index is 1120. The van der Waals surface area contributed by atoms with E-state index in [1.54, 1.807) is 6.33 Å². The predicted octanol–water partition coefficient (Wildman–Crippen LogP) is 5.31. The first-order valence-corrected chi connectivity index (χ1v) is 9.39. The van der Waals surface area contributed by atoms with Crippen LogP contribution in [0.5, 0.6) is 0 Å². The summed E-state index contributed by atoms with van der Waals surface area (Å²) in [5.41, 5.74) is 7.04. The van der Waals surface area contributed by atoms with E-state index in [-0.39, 0.29) is 6.04 Å². The van der Waals surface area contributed by atoms with E-state index in [1.807, 2.05) is 10.7 Å². The van der Waals surface area contributed by atoms with Gasteiger partial charge in [-0.3, -0.25) is 0 Å². The lowest BCUT2D eigenvalue weighted by Crippen LogP contribution is -2.20. The largest absolute Gasteiger partial charge is 0.324 e.